The maximum atomic E-state index is 12.8. The number of halogens is 1. The van der Waals surface area contributed by atoms with Gasteiger partial charge in [0.25, 0.3) is 11.5 Å². The van der Waals surface area contributed by atoms with E-state index in [4.69, 9.17) is 4.74 Å². The number of nitrogens with one attached hydrogen (secondary N) is 1. The molecule has 0 aliphatic rings. The summed E-state index contributed by atoms with van der Waals surface area (Å²) in [7, 11) is 1.47. The highest BCUT2D eigenvalue weighted by molar-refractivity contribution is 6.02. The molecule has 0 atom stereocenters. The molecule has 1 aromatic carbocycles. The van der Waals surface area contributed by atoms with Crippen molar-refractivity contribution in [3.8, 4) is 5.75 Å². The average Bonchev–Trinajstić information content (AvgIpc) is 2.64. The Labute approximate surface area is 148 Å². The molecular formula is C18H15FN4O3. The van der Waals surface area contributed by atoms with Gasteiger partial charge in [-0.05, 0) is 36.4 Å². The van der Waals surface area contributed by atoms with Gasteiger partial charge in [0.15, 0.2) is 0 Å². The molecule has 2 heterocycles. The summed E-state index contributed by atoms with van der Waals surface area (Å²) >= 11 is 0. The summed E-state index contributed by atoms with van der Waals surface area (Å²) in [5.74, 6) is 0.0937. The van der Waals surface area contributed by atoms with E-state index in [1.165, 1.54) is 43.4 Å². The highest BCUT2D eigenvalue weighted by Gasteiger charge is 2.09. The summed E-state index contributed by atoms with van der Waals surface area (Å²) in [5, 5.41) is 6.47. The lowest BCUT2D eigenvalue weighted by Gasteiger charge is -2.08. The molecule has 1 N–H and O–H groups in total. The van der Waals surface area contributed by atoms with Crippen LogP contribution >= 0.6 is 0 Å². The van der Waals surface area contributed by atoms with E-state index in [2.05, 4.69) is 15.4 Å². The van der Waals surface area contributed by atoms with E-state index in [0.29, 0.717) is 11.6 Å². The Morgan fingerprint density at radius 3 is 2.58 bits per heavy atom. The predicted molar refractivity (Wildman–Crippen MR) is 92.4 cm³/mol. The predicted octanol–water partition coefficient (Wildman–Crippen LogP) is 2.15. The van der Waals surface area contributed by atoms with Crippen LogP contribution in [-0.4, -0.2) is 20.7 Å². The Kier molecular flexibility index (Phi) is 5.02. The first-order valence-electron chi connectivity index (χ1n) is 7.70. The lowest BCUT2D eigenvalue weighted by atomic mass is 10.3. The summed E-state index contributed by atoms with van der Waals surface area (Å²) < 4.78 is 19.4. The van der Waals surface area contributed by atoms with Crippen LogP contribution in [0.5, 0.6) is 5.75 Å². The van der Waals surface area contributed by atoms with Crippen molar-refractivity contribution in [2.45, 2.75) is 6.61 Å². The summed E-state index contributed by atoms with van der Waals surface area (Å²) in [6, 6.07) is 11.7. The molecule has 8 heteroatoms. The molecule has 7 nitrogen and oxygen atoms in total. The van der Waals surface area contributed by atoms with Gasteiger partial charge in [-0.1, -0.05) is 6.07 Å². The summed E-state index contributed by atoms with van der Waals surface area (Å²) in [4.78, 5) is 27.6. The first kappa shape index (κ1) is 17.3. The van der Waals surface area contributed by atoms with Crippen LogP contribution in [0.4, 0.5) is 10.2 Å². The molecule has 132 valence electrons. The maximum Gasteiger partial charge on any atom is 0.277 e. The molecule has 0 aliphatic heterocycles. The maximum absolute atomic E-state index is 12.8. The molecule has 0 fully saturated rings. The normalized spacial score (nSPS) is 10.4. The standard InChI is InChI=1S/C18H15FN4O3/c1-23-17(24)9-7-15(22-23)18(25)21-16-8-2-12(10-20-16)11-26-14-5-3-13(19)4-6-14/h2-10H,11H2,1H3,(H,20,21,25). The molecule has 1 amide bonds. The fourth-order valence-electron chi connectivity index (χ4n) is 2.09. The van der Waals surface area contributed by atoms with E-state index >= 15 is 0 Å². The number of pyridine rings is 1. The van der Waals surface area contributed by atoms with Gasteiger partial charge in [-0.15, -0.1) is 0 Å². The number of hydrogen-bond acceptors (Lipinski definition) is 5. The summed E-state index contributed by atoms with van der Waals surface area (Å²) in [6.07, 6.45) is 1.56. The molecular weight excluding hydrogens is 339 g/mol. The number of carbonyl (C=O) groups is 1. The lowest BCUT2D eigenvalue weighted by molar-refractivity contribution is 0.101. The fourth-order valence-corrected chi connectivity index (χ4v) is 2.09. The minimum absolute atomic E-state index is 0.109. The van der Waals surface area contributed by atoms with Gasteiger partial charge in [0, 0.05) is 24.9 Å². The van der Waals surface area contributed by atoms with Crippen molar-refractivity contribution in [3.63, 3.8) is 0 Å². The van der Waals surface area contributed by atoms with Gasteiger partial charge in [-0.2, -0.15) is 5.10 Å². The van der Waals surface area contributed by atoms with Crippen LogP contribution in [0.15, 0.2) is 59.5 Å². The van der Waals surface area contributed by atoms with Crippen molar-refractivity contribution in [2.24, 2.45) is 7.05 Å². The largest absolute Gasteiger partial charge is 0.489 e. The smallest absolute Gasteiger partial charge is 0.277 e. The zero-order valence-electron chi connectivity index (χ0n) is 13.8. The molecule has 0 bridgehead atoms. The molecule has 0 saturated heterocycles. The second-order valence-electron chi connectivity index (χ2n) is 5.43. The number of benzene rings is 1. The second-order valence-corrected chi connectivity index (χ2v) is 5.43. The van der Waals surface area contributed by atoms with Crippen molar-refractivity contribution >= 4 is 11.7 Å². The van der Waals surface area contributed by atoms with Crippen LogP contribution in [0.3, 0.4) is 0 Å². The zero-order chi connectivity index (χ0) is 18.5. The van der Waals surface area contributed by atoms with E-state index in [1.807, 2.05) is 0 Å². The Bertz CT molecular complexity index is 969. The minimum Gasteiger partial charge on any atom is -0.489 e. The Morgan fingerprint density at radius 2 is 1.92 bits per heavy atom. The van der Waals surface area contributed by atoms with E-state index in [1.54, 1.807) is 18.3 Å². The van der Waals surface area contributed by atoms with Crippen molar-refractivity contribution in [2.75, 3.05) is 5.32 Å². The Balaban J connectivity index is 1.60. The number of aromatic nitrogens is 3. The van der Waals surface area contributed by atoms with Gasteiger partial charge in [0.05, 0.1) is 0 Å². The first-order chi connectivity index (χ1) is 12.5. The highest BCUT2D eigenvalue weighted by atomic mass is 19.1. The number of anilines is 1. The van der Waals surface area contributed by atoms with E-state index < -0.39 is 5.91 Å². The van der Waals surface area contributed by atoms with E-state index in [-0.39, 0.29) is 23.7 Å². The lowest BCUT2D eigenvalue weighted by Crippen LogP contribution is -2.23. The van der Waals surface area contributed by atoms with Gasteiger partial charge in [-0.25, -0.2) is 14.1 Å². The highest BCUT2D eigenvalue weighted by Crippen LogP contribution is 2.14. The van der Waals surface area contributed by atoms with Crippen LogP contribution in [0.2, 0.25) is 0 Å². The van der Waals surface area contributed by atoms with Gasteiger partial charge in [-0.3, -0.25) is 9.59 Å². The van der Waals surface area contributed by atoms with Crippen LogP contribution < -0.4 is 15.6 Å². The van der Waals surface area contributed by atoms with Crippen LogP contribution in [0.1, 0.15) is 16.1 Å². The SMILES string of the molecule is Cn1nc(C(=O)Nc2ccc(COc3ccc(F)cc3)cn2)ccc1=O. The third kappa shape index (κ3) is 4.29. The van der Waals surface area contributed by atoms with Gasteiger partial charge < -0.3 is 10.1 Å². The molecule has 26 heavy (non-hydrogen) atoms. The average molecular weight is 354 g/mol. The number of ether oxygens (including phenoxy) is 1. The van der Waals surface area contributed by atoms with Crippen molar-refractivity contribution in [3.05, 3.63) is 82.2 Å². The minimum atomic E-state index is -0.469. The molecule has 0 radical (unpaired) electrons. The molecule has 3 aromatic rings. The third-order valence-corrected chi connectivity index (χ3v) is 3.48. The number of rotatable bonds is 5. The van der Waals surface area contributed by atoms with Gasteiger partial charge in [0.2, 0.25) is 0 Å². The summed E-state index contributed by atoms with van der Waals surface area (Å²) in [6.45, 7) is 0.259. The number of amides is 1. The van der Waals surface area contributed by atoms with Crippen LogP contribution in [0, 0.1) is 5.82 Å². The molecule has 0 unspecified atom stereocenters. The van der Waals surface area contributed by atoms with Gasteiger partial charge in [0.1, 0.15) is 29.7 Å². The second kappa shape index (κ2) is 7.56. The molecule has 0 spiro atoms. The van der Waals surface area contributed by atoms with E-state index in [9.17, 15) is 14.0 Å². The van der Waals surface area contributed by atoms with Crippen molar-refractivity contribution < 1.29 is 13.9 Å². The molecule has 0 saturated carbocycles. The molecule has 2 aromatic heterocycles. The van der Waals surface area contributed by atoms with Crippen molar-refractivity contribution in [1.82, 2.24) is 14.8 Å². The Hall–Kier alpha value is -3.55. The zero-order valence-corrected chi connectivity index (χ0v) is 13.8. The van der Waals surface area contributed by atoms with E-state index in [0.717, 1.165) is 10.2 Å². The Morgan fingerprint density at radius 1 is 1.15 bits per heavy atom. The topological polar surface area (TPSA) is 86.1 Å². The monoisotopic (exact) mass is 354 g/mol. The molecule has 0 aliphatic carbocycles. The number of nitrogens with zero attached hydrogens (tertiary/aromatic N) is 3. The van der Waals surface area contributed by atoms with Crippen LogP contribution in [0.25, 0.3) is 0 Å². The number of carbonyl (C=O) groups excluding carboxylic acids is 1. The quantitative estimate of drug-likeness (QED) is 0.759. The third-order valence-electron chi connectivity index (χ3n) is 3.48. The van der Waals surface area contributed by atoms with Gasteiger partial charge >= 0.3 is 0 Å². The molecule has 3 rings (SSSR count). The first-order valence-corrected chi connectivity index (χ1v) is 7.70. The fraction of sp³-hybridized carbons (Fsp3) is 0.111. The summed E-state index contributed by atoms with van der Waals surface area (Å²) in [5.41, 5.74) is 0.593. The number of hydrogen-bond donors (Lipinski definition) is 1. The van der Waals surface area contributed by atoms with Crippen LogP contribution in [-0.2, 0) is 13.7 Å². The van der Waals surface area contributed by atoms with Crippen molar-refractivity contribution in [1.29, 1.82) is 0 Å². The number of aryl methyl sites for hydroxylation is 1.